The van der Waals surface area contributed by atoms with Gasteiger partial charge in [0.2, 0.25) is 11.7 Å². The molecule has 0 aliphatic carbocycles. The number of hydrogen-bond donors (Lipinski definition) is 0. The van der Waals surface area contributed by atoms with Gasteiger partial charge in [-0.1, -0.05) is 47.1 Å². The van der Waals surface area contributed by atoms with Crippen LogP contribution < -0.4 is 0 Å². The smallest absolute Gasteiger partial charge is 0.258 e. The van der Waals surface area contributed by atoms with Gasteiger partial charge in [0.25, 0.3) is 5.91 Å². The van der Waals surface area contributed by atoms with Crippen LogP contribution in [0.5, 0.6) is 0 Å². The van der Waals surface area contributed by atoms with Crippen LogP contribution in [0.25, 0.3) is 11.4 Å². The van der Waals surface area contributed by atoms with Crippen molar-refractivity contribution in [3.8, 4) is 11.4 Å². The van der Waals surface area contributed by atoms with Gasteiger partial charge >= 0.3 is 0 Å². The van der Waals surface area contributed by atoms with Gasteiger partial charge in [-0.3, -0.25) is 14.4 Å². The van der Waals surface area contributed by atoms with E-state index in [0.717, 1.165) is 5.56 Å². The SMILES string of the molecule is Cc1nn(C)c(Cl)c1C(=O)N1CCN(C(C)c2nc(-c3ccccc3)no2)CC1. The van der Waals surface area contributed by atoms with Gasteiger partial charge in [-0.25, -0.2) is 0 Å². The summed E-state index contributed by atoms with van der Waals surface area (Å²) in [5.41, 5.74) is 2.06. The molecule has 1 unspecified atom stereocenters. The first-order valence-electron chi connectivity index (χ1n) is 9.57. The number of piperazine rings is 1. The first-order chi connectivity index (χ1) is 14.0. The fourth-order valence-electron chi connectivity index (χ4n) is 3.61. The van der Waals surface area contributed by atoms with E-state index in [4.69, 9.17) is 16.1 Å². The van der Waals surface area contributed by atoms with Gasteiger partial charge in [0.1, 0.15) is 5.15 Å². The number of amides is 1. The summed E-state index contributed by atoms with van der Waals surface area (Å²) in [6, 6.07) is 9.72. The minimum Gasteiger partial charge on any atom is -0.337 e. The first-order valence-corrected chi connectivity index (χ1v) is 9.95. The minimum atomic E-state index is -0.0722. The lowest BCUT2D eigenvalue weighted by Gasteiger charge is -2.36. The number of carbonyl (C=O) groups excluding carboxylic acids is 1. The number of aryl methyl sites for hydroxylation is 2. The number of benzene rings is 1. The zero-order valence-corrected chi connectivity index (χ0v) is 17.4. The molecule has 2 aromatic heterocycles. The fourth-order valence-corrected chi connectivity index (χ4v) is 3.86. The number of aromatic nitrogens is 4. The Labute approximate surface area is 174 Å². The van der Waals surface area contributed by atoms with Gasteiger partial charge in [-0.15, -0.1) is 0 Å². The Balaban J connectivity index is 1.41. The van der Waals surface area contributed by atoms with Crippen LogP contribution in [-0.4, -0.2) is 61.8 Å². The van der Waals surface area contributed by atoms with Crippen molar-refractivity contribution in [2.45, 2.75) is 19.9 Å². The summed E-state index contributed by atoms with van der Waals surface area (Å²) in [7, 11) is 1.74. The molecule has 1 aliphatic heterocycles. The Hall–Kier alpha value is -2.71. The standard InChI is InChI=1S/C20H23ClN6O2/c1-13-16(17(21)25(3)23-13)20(28)27-11-9-26(10-12-27)14(2)19-22-18(24-29-19)15-7-5-4-6-8-15/h4-8,14H,9-12H2,1-3H3. The highest BCUT2D eigenvalue weighted by molar-refractivity contribution is 6.33. The van der Waals surface area contributed by atoms with Crippen LogP contribution in [0.15, 0.2) is 34.9 Å². The molecular formula is C20H23ClN6O2. The Morgan fingerprint density at radius 3 is 2.48 bits per heavy atom. The van der Waals surface area contributed by atoms with Gasteiger partial charge in [-0.05, 0) is 13.8 Å². The van der Waals surface area contributed by atoms with Crippen molar-refractivity contribution in [3.63, 3.8) is 0 Å². The molecule has 1 atom stereocenters. The first kappa shape index (κ1) is 19.6. The van der Waals surface area contributed by atoms with E-state index in [0.29, 0.717) is 54.3 Å². The van der Waals surface area contributed by atoms with Crippen LogP contribution in [0.2, 0.25) is 5.15 Å². The Bertz CT molecular complexity index is 1010. The Kier molecular flexibility index (Phi) is 5.38. The highest BCUT2D eigenvalue weighted by Crippen LogP contribution is 2.25. The fraction of sp³-hybridized carbons (Fsp3) is 0.400. The predicted molar refractivity (Wildman–Crippen MR) is 109 cm³/mol. The van der Waals surface area contributed by atoms with E-state index in [1.165, 1.54) is 4.68 Å². The van der Waals surface area contributed by atoms with Gasteiger partial charge in [0.05, 0.1) is 17.3 Å². The summed E-state index contributed by atoms with van der Waals surface area (Å²) >= 11 is 6.26. The molecule has 29 heavy (non-hydrogen) atoms. The molecule has 9 heteroatoms. The van der Waals surface area contributed by atoms with Crippen molar-refractivity contribution in [1.82, 2.24) is 29.7 Å². The van der Waals surface area contributed by atoms with Crippen molar-refractivity contribution < 1.29 is 9.32 Å². The van der Waals surface area contributed by atoms with Crippen molar-refractivity contribution >= 4 is 17.5 Å². The molecule has 4 rings (SSSR count). The van der Waals surface area contributed by atoms with Gasteiger partial charge in [-0.2, -0.15) is 10.1 Å². The lowest BCUT2D eigenvalue weighted by molar-refractivity contribution is 0.0551. The highest BCUT2D eigenvalue weighted by Gasteiger charge is 2.30. The average molecular weight is 415 g/mol. The zero-order chi connectivity index (χ0) is 20.5. The van der Waals surface area contributed by atoms with Gasteiger partial charge in [0, 0.05) is 38.8 Å². The van der Waals surface area contributed by atoms with Crippen LogP contribution in [-0.2, 0) is 7.05 Å². The lowest BCUT2D eigenvalue weighted by atomic mass is 10.2. The van der Waals surface area contributed by atoms with Crippen molar-refractivity contribution in [2.24, 2.45) is 7.05 Å². The molecular weight excluding hydrogens is 392 g/mol. The second-order valence-corrected chi connectivity index (χ2v) is 7.56. The number of carbonyl (C=O) groups is 1. The van der Waals surface area contributed by atoms with E-state index in [9.17, 15) is 4.79 Å². The van der Waals surface area contributed by atoms with Crippen LogP contribution in [0.3, 0.4) is 0 Å². The third kappa shape index (κ3) is 3.77. The summed E-state index contributed by atoms with van der Waals surface area (Å²) in [5.74, 6) is 1.09. The van der Waals surface area contributed by atoms with Crippen molar-refractivity contribution in [1.29, 1.82) is 0 Å². The molecule has 1 fully saturated rings. The summed E-state index contributed by atoms with van der Waals surface area (Å²) in [4.78, 5) is 21.5. The molecule has 1 saturated heterocycles. The summed E-state index contributed by atoms with van der Waals surface area (Å²) in [6.07, 6.45) is 0. The summed E-state index contributed by atoms with van der Waals surface area (Å²) < 4.78 is 7.03. The second kappa shape index (κ2) is 7.96. The number of nitrogens with zero attached hydrogens (tertiary/aromatic N) is 6. The molecule has 3 aromatic rings. The van der Waals surface area contributed by atoms with E-state index in [1.807, 2.05) is 42.2 Å². The van der Waals surface area contributed by atoms with Crippen molar-refractivity contribution in [2.75, 3.05) is 26.2 Å². The van der Waals surface area contributed by atoms with Crippen LogP contribution in [0.4, 0.5) is 0 Å². The average Bonchev–Trinajstić information content (AvgIpc) is 3.33. The maximum Gasteiger partial charge on any atom is 0.258 e. The zero-order valence-electron chi connectivity index (χ0n) is 16.7. The summed E-state index contributed by atoms with van der Waals surface area (Å²) in [5, 5.41) is 8.72. The normalized spacial score (nSPS) is 16.2. The molecule has 0 radical (unpaired) electrons. The monoisotopic (exact) mass is 414 g/mol. The number of rotatable bonds is 4. The molecule has 0 N–H and O–H groups in total. The highest BCUT2D eigenvalue weighted by atomic mass is 35.5. The number of hydrogen-bond acceptors (Lipinski definition) is 6. The summed E-state index contributed by atoms with van der Waals surface area (Å²) in [6.45, 7) is 6.49. The van der Waals surface area contributed by atoms with Crippen molar-refractivity contribution in [3.05, 3.63) is 52.6 Å². The van der Waals surface area contributed by atoms with Crippen LogP contribution in [0.1, 0.15) is 34.9 Å². The maximum absolute atomic E-state index is 12.9. The second-order valence-electron chi connectivity index (χ2n) is 7.20. The Morgan fingerprint density at radius 2 is 1.86 bits per heavy atom. The Morgan fingerprint density at radius 1 is 1.17 bits per heavy atom. The number of halogens is 1. The topological polar surface area (TPSA) is 80.3 Å². The van der Waals surface area contributed by atoms with E-state index in [2.05, 4.69) is 20.1 Å². The van der Waals surface area contributed by atoms with Crippen LogP contribution >= 0.6 is 11.6 Å². The van der Waals surface area contributed by atoms with Gasteiger partial charge in [0.15, 0.2) is 0 Å². The third-order valence-electron chi connectivity index (χ3n) is 5.35. The quantitative estimate of drug-likeness (QED) is 0.653. The molecule has 0 spiro atoms. The molecule has 3 heterocycles. The largest absolute Gasteiger partial charge is 0.337 e. The molecule has 1 aliphatic rings. The minimum absolute atomic E-state index is 0.0269. The maximum atomic E-state index is 12.9. The predicted octanol–water partition coefficient (Wildman–Crippen LogP) is 2.95. The molecule has 0 bridgehead atoms. The molecule has 1 aromatic carbocycles. The van der Waals surface area contributed by atoms with E-state index >= 15 is 0 Å². The third-order valence-corrected chi connectivity index (χ3v) is 5.78. The van der Waals surface area contributed by atoms with E-state index in [1.54, 1.807) is 14.0 Å². The van der Waals surface area contributed by atoms with E-state index in [-0.39, 0.29) is 11.9 Å². The molecule has 0 saturated carbocycles. The molecule has 152 valence electrons. The lowest BCUT2D eigenvalue weighted by Crippen LogP contribution is -2.49. The van der Waals surface area contributed by atoms with E-state index < -0.39 is 0 Å². The van der Waals surface area contributed by atoms with Crippen LogP contribution in [0, 0.1) is 6.92 Å². The molecule has 1 amide bonds. The molecule has 8 nitrogen and oxygen atoms in total. The van der Waals surface area contributed by atoms with Gasteiger partial charge < -0.3 is 9.42 Å².